The second kappa shape index (κ2) is 7.06. The summed E-state index contributed by atoms with van der Waals surface area (Å²) in [7, 11) is 0. The third kappa shape index (κ3) is 3.86. The summed E-state index contributed by atoms with van der Waals surface area (Å²) in [5.74, 6) is -0.199. The molecule has 0 aromatic heterocycles. The second-order valence-corrected chi connectivity index (χ2v) is 7.23. The molecule has 4 heteroatoms. The zero-order valence-electron chi connectivity index (χ0n) is 15.3. The number of carbonyl (C=O) groups excluding carboxylic acids is 2. The van der Waals surface area contributed by atoms with E-state index in [0.717, 1.165) is 17.6 Å². The minimum atomic E-state index is -0.579. The standard InChI is InChI=1S/C20H28O4/c1-7-13(4)19(22)23-16(9-8-12(2)3)14(5)15-10-17(21)20(6)18(11-15)24-20/h7-8,15-16,18H,5,9-11H2,1-4,6H3/b13-7+/t15-,16+,18-,20+/m1/s1. The van der Waals surface area contributed by atoms with E-state index in [2.05, 4.69) is 6.58 Å². The highest BCUT2D eigenvalue weighted by atomic mass is 16.6. The first kappa shape index (κ1) is 18.7. The maximum absolute atomic E-state index is 12.2. The molecule has 4 nitrogen and oxygen atoms in total. The highest BCUT2D eigenvalue weighted by Gasteiger charge is 2.61. The summed E-state index contributed by atoms with van der Waals surface area (Å²) < 4.78 is 11.2. The largest absolute Gasteiger partial charge is 0.454 e. The molecule has 1 saturated heterocycles. The lowest BCUT2D eigenvalue weighted by molar-refractivity contribution is -0.142. The molecule has 1 aliphatic heterocycles. The van der Waals surface area contributed by atoms with Crippen molar-refractivity contribution in [2.45, 2.75) is 71.7 Å². The molecule has 1 aliphatic carbocycles. The lowest BCUT2D eigenvalue weighted by atomic mass is 9.77. The summed E-state index contributed by atoms with van der Waals surface area (Å²) >= 11 is 0. The van der Waals surface area contributed by atoms with E-state index in [-0.39, 0.29) is 23.8 Å². The number of rotatable bonds is 6. The van der Waals surface area contributed by atoms with E-state index in [4.69, 9.17) is 9.47 Å². The Hall–Kier alpha value is -1.68. The third-order valence-electron chi connectivity index (χ3n) is 5.11. The van der Waals surface area contributed by atoms with Crippen LogP contribution < -0.4 is 0 Å². The number of ketones is 1. The van der Waals surface area contributed by atoms with E-state index in [1.54, 1.807) is 13.0 Å². The van der Waals surface area contributed by atoms with Crippen LogP contribution in [0.15, 0.2) is 35.5 Å². The zero-order valence-corrected chi connectivity index (χ0v) is 15.3. The van der Waals surface area contributed by atoms with Crippen LogP contribution in [-0.2, 0) is 19.1 Å². The Balaban J connectivity index is 2.10. The molecule has 2 aliphatic rings. The lowest BCUT2D eigenvalue weighted by Crippen LogP contribution is -2.35. The topological polar surface area (TPSA) is 55.9 Å². The molecule has 0 aromatic carbocycles. The van der Waals surface area contributed by atoms with Gasteiger partial charge in [-0.3, -0.25) is 4.79 Å². The molecule has 0 aromatic rings. The Morgan fingerprint density at radius 2 is 2.12 bits per heavy atom. The predicted octanol–water partition coefficient (Wildman–Crippen LogP) is 3.91. The molecular weight excluding hydrogens is 304 g/mol. The van der Waals surface area contributed by atoms with Crippen molar-refractivity contribution in [3.63, 3.8) is 0 Å². The van der Waals surface area contributed by atoms with Gasteiger partial charge in [-0.25, -0.2) is 4.79 Å². The highest BCUT2D eigenvalue weighted by molar-refractivity contribution is 5.91. The molecular formula is C20H28O4. The van der Waals surface area contributed by atoms with E-state index in [1.165, 1.54) is 0 Å². The molecule has 0 spiro atoms. The van der Waals surface area contributed by atoms with Gasteiger partial charge in [0, 0.05) is 18.4 Å². The summed E-state index contributed by atoms with van der Waals surface area (Å²) in [6, 6.07) is 0. The maximum Gasteiger partial charge on any atom is 0.333 e. The van der Waals surface area contributed by atoms with Crippen LogP contribution in [-0.4, -0.2) is 29.6 Å². The van der Waals surface area contributed by atoms with Crippen LogP contribution in [0.2, 0.25) is 0 Å². The molecule has 0 radical (unpaired) electrons. The van der Waals surface area contributed by atoms with Gasteiger partial charge in [0.25, 0.3) is 0 Å². The normalized spacial score (nSPS) is 30.2. The van der Waals surface area contributed by atoms with Crippen molar-refractivity contribution in [2.75, 3.05) is 0 Å². The van der Waals surface area contributed by atoms with Crippen molar-refractivity contribution < 1.29 is 19.1 Å². The van der Waals surface area contributed by atoms with E-state index >= 15 is 0 Å². The van der Waals surface area contributed by atoms with Crippen molar-refractivity contribution in [3.8, 4) is 0 Å². The smallest absolute Gasteiger partial charge is 0.333 e. The second-order valence-electron chi connectivity index (χ2n) is 7.23. The van der Waals surface area contributed by atoms with Crippen LogP contribution in [0.3, 0.4) is 0 Å². The first-order valence-corrected chi connectivity index (χ1v) is 8.56. The van der Waals surface area contributed by atoms with Gasteiger partial charge in [-0.2, -0.15) is 0 Å². The SMILES string of the molecule is C=C([C@@H]1CC(=O)[C@]2(C)O[C@@H]2C1)[C@H](CC=C(C)C)OC(=O)/C(C)=C/C. The average Bonchev–Trinajstić information content (AvgIpc) is 3.21. The minimum Gasteiger partial charge on any atom is -0.454 e. The van der Waals surface area contributed by atoms with Crippen molar-refractivity contribution in [2.24, 2.45) is 5.92 Å². The van der Waals surface area contributed by atoms with Gasteiger partial charge in [-0.05, 0) is 52.5 Å². The van der Waals surface area contributed by atoms with Crippen LogP contribution in [0, 0.1) is 5.92 Å². The number of fused-ring (bicyclic) bond motifs is 1. The molecule has 0 unspecified atom stereocenters. The van der Waals surface area contributed by atoms with Gasteiger partial charge >= 0.3 is 5.97 Å². The van der Waals surface area contributed by atoms with Crippen LogP contribution in [0.5, 0.6) is 0 Å². The molecule has 132 valence electrons. The zero-order chi connectivity index (χ0) is 18.1. The molecule has 0 N–H and O–H groups in total. The number of ether oxygens (including phenoxy) is 2. The Morgan fingerprint density at radius 1 is 1.46 bits per heavy atom. The van der Waals surface area contributed by atoms with Crippen LogP contribution in [0.25, 0.3) is 0 Å². The summed E-state index contributed by atoms with van der Waals surface area (Å²) in [6.07, 6.45) is 5.11. The summed E-state index contributed by atoms with van der Waals surface area (Å²) in [5.41, 5.74) is 1.97. The first-order valence-electron chi connectivity index (χ1n) is 8.56. The van der Waals surface area contributed by atoms with E-state index in [9.17, 15) is 9.59 Å². The van der Waals surface area contributed by atoms with Gasteiger partial charge in [0.15, 0.2) is 5.78 Å². The van der Waals surface area contributed by atoms with Gasteiger partial charge in [-0.1, -0.05) is 24.3 Å². The fourth-order valence-electron chi connectivity index (χ4n) is 3.05. The Bertz CT molecular complexity index is 609. The Kier molecular flexibility index (Phi) is 5.49. The molecule has 1 saturated carbocycles. The average molecular weight is 332 g/mol. The van der Waals surface area contributed by atoms with Gasteiger partial charge in [0.2, 0.25) is 0 Å². The lowest BCUT2D eigenvalue weighted by Gasteiger charge is -2.28. The predicted molar refractivity (Wildman–Crippen MR) is 93.5 cm³/mol. The number of allylic oxidation sites excluding steroid dienone is 2. The molecule has 1 heterocycles. The molecule has 2 fully saturated rings. The number of carbonyl (C=O) groups is 2. The Morgan fingerprint density at radius 3 is 2.67 bits per heavy atom. The van der Waals surface area contributed by atoms with E-state index in [1.807, 2.05) is 33.8 Å². The number of esters is 1. The van der Waals surface area contributed by atoms with Gasteiger partial charge < -0.3 is 9.47 Å². The number of Topliss-reactive ketones (excluding diaryl/α,β-unsaturated/α-hetero) is 1. The molecule has 24 heavy (non-hydrogen) atoms. The summed E-state index contributed by atoms with van der Waals surface area (Å²) in [4.78, 5) is 24.4. The highest BCUT2D eigenvalue weighted by Crippen LogP contribution is 2.49. The number of hydrogen-bond acceptors (Lipinski definition) is 4. The quantitative estimate of drug-likeness (QED) is 0.320. The first-order chi connectivity index (χ1) is 11.2. The Labute approximate surface area is 144 Å². The third-order valence-corrected chi connectivity index (χ3v) is 5.11. The maximum atomic E-state index is 12.2. The molecule has 2 rings (SSSR count). The van der Waals surface area contributed by atoms with Crippen LogP contribution >= 0.6 is 0 Å². The van der Waals surface area contributed by atoms with Gasteiger partial charge in [0.05, 0.1) is 6.10 Å². The number of epoxide rings is 1. The molecule has 4 atom stereocenters. The van der Waals surface area contributed by atoms with Crippen LogP contribution in [0.4, 0.5) is 0 Å². The fraction of sp³-hybridized carbons (Fsp3) is 0.600. The van der Waals surface area contributed by atoms with Crippen molar-refractivity contribution >= 4 is 11.8 Å². The minimum absolute atomic E-state index is 0.00681. The summed E-state index contributed by atoms with van der Waals surface area (Å²) in [5, 5.41) is 0. The summed E-state index contributed by atoms with van der Waals surface area (Å²) in [6.45, 7) is 13.6. The van der Waals surface area contributed by atoms with Crippen LogP contribution in [0.1, 0.15) is 53.9 Å². The monoisotopic (exact) mass is 332 g/mol. The van der Waals surface area contributed by atoms with Crippen molar-refractivity contribution in [1.29, 1.82) is 0 Å². The van der Waals surface area contributed by atoms with Crippen molar-refractivity contribution in [1.82, 2.24) is 0 Å². The van der Waals surface area contributed by atoms with E-state index in [0.29, 0.717) is 18.4 Å². The van der Waals surface area contributed by atoms with E-state index < -0.39 is 11.7 Å². The van der Waals surface area contributed by atoms with Gasteiger partial charge in [-0.15, -0.1) is 0 Å². The van der Waals surface area contributed by atoms with Gasteiger partial charge in [0.1, 0.15) is 11.7 Å². The molecule has 0 amide bonds. The number of hydrogen-bond donors (Lipinski definition) is 0. The molecule has 0 bridgehead atoms. The fourth-order valence-corrected chi connectivity index (χ4v) is 3.05. The van der Waals surface area contributed by atoms with Crippen molar-refractivity contribution in [3.05, 3.63) is 35.5 Å².